The third-order valence-corrected chi connectivity index (χ3v) is 2.32. The lowest BCUT2D eigenvalue weighted by Gasteiger charge is -2.11. The molecule has 0 saturated carbocycles. The van der Waals surface area contributed by atoms with Crippen molar-refractivity contribution in [1.29, 1.82) is 0 Å². The van der Waals surface area contributed by atoms with E-state index in [1.807, 2.05) is 19.1 Å². The summed E-state index contributed by atoms with van der Waals surface area (Å²) in [4.78, 5) is 15.3. The summed E-state index contributed by atoms with van der Waals surface area (Å²) < 4.78 is 9.93. The monoisotopic (exact) mass is 223 g/mol. The summed E-state index contributed by atoms with van der Waals surface area (Å²) >= 11 is 0. The van der Waals surface area contributed by atoms with Crippen molar-refractivity contribution in [2.24, 2.45) is 0 Å². The quantitative estimate of drug-likeness (QED) is 0.717. The number of methoxy groups -OCH3 is 1. The van der Waals surface area contributed by atoms with E-state index in [2.05, 4.69) is 4.98 Å². The van der Waals surface area contributed by atoms with Gasteiger partial charge in [0.15, 0.2) is 0 Å². The van der Waals surface area contributed by atoms with Crippen LogP contribution >= 0.6 is 0 Å². The smallest absolute Gasteiger partial charge is 0.306 e. The highest BCUT2D eigenvalue weighted by Gasteiger charge is 2.12. The molecule has 0 saturated heterocycles. The van der Waals surface area contributed by atoms with Crippen LogP contribution in [0.5, 0.6) is 5.88 Å². The molecule has 0 N–H and O–H groups in total. The Balaban J connectivity index is 2.64. The molecule has 0 aliphatic heterocycles. The molecule has 0 aliphatic carbocycles. The third-order valence-electron chi connectivity index (χ3n) is 2.32. The maximum Gasteiger partial charge on any atom is 0.306 e. The molecule has 0 aromatic carbocycles. The number of esters is 1. The summed E-state index contributed by atoms with van der Waals surface area (Å²) in [6, 6.07) is 3.72. The normalized spacial score (nSPS) is 11.9. The van der Waals surface area contributed by atoms with Crippen LogP contribution in [-0.4, -0.2) is 24.7 Å². The molecule has 88 valence electrons. The van der Waals surface area contributed by atoms with Crippen molar-refractivity contribution in [3.8, 4) is 5.88 Å². The van der Waals surface area contributed by atoms with Gasteiger partial charge in [0.05, 0.1) is 20.1 Å². The third kappa shape index (κ3) is 3.53. The second kappa shape index (κ2) is 6.10. The number of carbonyl (C=O) groups excluding carboxylic acids is 1. The lowest BCUT2D eigenvalue weighted by Crippen LogP contribution is -2.08. The van der Waals surface area contributed by atoms with Gasteiger partial charge in [0.2, 0.25) is 5.88 Å². The number of aromatic nitrogens is 1. The number of hydrogen-bond acceptors (Lipinski definition) is 4. The zero-order valence-corrected chi connectivity index (χ0v) is 9.90. The van der Waals surface area contributed by atoms with Gasteiger partial charge in [0, 0.05) is 12.3 Å². The molecule has 1 aromatic rings. The zero-order valence-electron chi connectivity index (χ0n) is 9.90. The zero-order chi connectivity index (χ0) is 12.0. The van der Waals surface area contributed by atoms with Gasteiger partial charge < -0.3 is 9.47 Å². The van der Waals surface area contributed by atoms with Gasteiger partial charge in [-0.25, -0.2) is 4.98 Å². The second-order valence-corrected chi connectivity index (χ2v) is 3.54. The van der Waals surface area contributed by atoms with E-state index in [0.29, 0.717) is 18.9 Å². The number of pyridine rings is 1. The molecule has 1 atom stereocenters. The molecule has 0 bridgehead atoms. The summed E-state index contributed by atoms with van der Waals surface area (Å²) in [7, 11) is 1.57. The maximum absolute atomic E-state index is 11.3. The van der Waals surface area contributed by atoms with Crippen LogP contribution in [0.3, 0.4) is 0 Å². The van der Waals surface area contributed by atoms with Crippen LogP contribution in [0.2, 0.25) is 0 Å². The van der Waals surface area contributed by atoms with E-state index >= 15 is 0 Å². The fourth-order valence-electron chi connectivity index (χ4n) is 1.43. The number of rotatable bonds is 5. The Labute approximate surface area is 95.6 Å². The Morgan fingerprint density at radius 2 is 2.31 bits per heavy atom. The highest BCUT2D eigenvalue weighted by atomic mass is 16.5. The van der Waals surface area contributed by atoms with Gasteiger partial charge in [0.25, 0.3) is 0 Å². The minimum Gasteiger partial charge on any atom is -0.481 e. The minimum atomic E-state index is -0.175. The van der Waals surface area contributed by atoms with Crippen LogP contribution < -0.4 is 4.74 Å². The molecule has 16 heavy (non-hydrogen) atoms. The Hall–Kier alpha value is -1.58. The van der Waals surface area contributed by atoms with Crippen LogP contribution in [-0.2, 0) is 9.53 Å². The maximum atomic E-state index is 11.3. The van der Waals surface area contributed by atoms with Gasteiger partial charge >= 0.3 is 5.97 Å². The van der Waals surface area contributed by atoms with Crippen molar-refractivity contribution in [1.82, 2.24) is 4.98 Å². The van der Waals surface area contributed by atoms with Gasteiger partial charge in [-0.15, -0.1) is 0 Å². The largest absolute Gasteiger partial charge is 0.481 e. The predicted octanol–water partition coefficient (Wildman–Crippen LogP) is 2.15. The topological polar surface area (TPSA) is 48.4 Å². The van der Waals surface area contributed by atoms with Crippen molar-refractivity contribution in [2.45, 2.75) is 26.2 Å². The van der Waals surface area contributed by atoms with E-state index in [1.54, 1.807) is 20.2 Å². The second-order valence-electron chi connectivity index (χ2n) is 3.54. The Morgan fingerprint density at radius 3 is 2.94 bits per heavy atom. The molecule has 1 unspecified atom stereocenters. The first-order valence-corrected chi connectivity index (χ1v) is 5.33. The molecule has 4 heteroatoms. The van der Waals surface area contributed by atoms with Crippen LogP contribution in [0, 0.1) is 0 Å². The van der Waals surface area contributed by atoms with Crippen molar-refractivity contribution >= 4 is 5.97 Å². The minimum absolute atomic E-state index is 0.107. The van der Waals surface area contributed by atoms with E-state index in [9.17, 15) is 4.79 Å². The number of hydrogen-bond donors (Lipinski definition) is 0. The first-order valence-electron chi connectivity index (χ1n) is 5.33. The molecule has 1 heterocycles. The highest BCUT2D eigenvalue weighted by molar-refractivity contribution is 5.70. The molecule has 1 aromatic heterocycles. The fraction of sp³-hybridized carbons (Fsp3) is 0.500. The van der Waals surface area contributed by atoms with Gasteiger partial charge in [0.1, 0.15) is 0 Å². The number of nitrogens with zero attached hydrogens (tertiary/aromatic N) is 1. The summed E-state index contributed by atoms with van der Waals surface area (Å²) in [5.74, 6) is 0.495. The Morgan fingerprint density at radius 1 is 1.56 bits per heavy atom. The first-order chi connectivity index (χ1) is 7.67. The predicted molar refractivity (Wildman–Crippen MR) is 60.5 cm³/mol. The van der Waals surface area contributed by atoms with E-state index in [0.717, 1.165) is 5.56 Å². The molecular formula is C12H17NO3. The molecule has 0 spiro atoms. The van der Waals surface area contributed by atoms with Crippen LogP contribution in [0.1, 0.15) is 31.7 Å². The van der Waals surface area contributed by atoms with Gasteiger partial charge in [-0.2, -0.15) is 0 Å². The lowest BCUT2D eigenvalue weighted by atomic mass is 9.99. The molecule has 4 nitrogen and oxygen atoms in total. The Bertz CT molecular complexity index is 352. The SMILES string of the molecule is CCOC(=O)CC(C)c1ccnc(OC)c1. The molecular weight excluding hydrogens is 206 g/mol. The van der Waals surface area contributed by atoms with E-state index in [1.165, 1.54) is 0 Å². The Kier molecular flexibility index (Phi) is 4.76. The van der Waals surface area contributed by atoms with E-state index in [-0.39, 0.29) is 11.9 Å². The fourth-order valence-corrected chi connectivity index (χ4v) is 1.43. The highest BCUT2D eigenvalue weighted by Crippen LogP contribution is 2.21. The van der Waals surface area contributed by atoms with Crippen molar-refractivity contribution in [3.63, 3.8) is 0 Å². The standard InChI is InChI=1S/C12H17NO3/c1-4-16-12(14)7-9(2)10-5-6-13-11(8-10)15-3/h5-6,8-9H,4,7H2,1-3H3. The molecule has 1 rings (SSSR count). The number of ether oxygens (including phenoxy) is 2. The van der Waals surface area contributed by atoms with Crippen molar-refractivity contribution in [2.75, 3.05) is 13.7 Å². The van der Waals surface area contributed by atoms with Crippen LogP contribution in [0.25, 0.3) is 0 Å². The van der Waals surface area contributed by atoms with Crippen molar-refractivity contribution in [3.05, 3.63) is 23.9 Å². The molecule has 0 amide bonds. The van der Waals surface area contributed by atoms with Gasteiger partial charge in [-0.1, -0.05) is 6.92 Å². The molecule has 0 radical (unpaired) electrons. The summed E-state index contributed by atoms with van der Waals surface area (Å²) in [6.45, 7) is 4.20. The number of carbonyl (C=O) groups is 1. The summed E-state index contributed by atoms with van der Waals surface area (Å²) in [5.41, 5.74) is 1.03. The first kappa shape index (κ1) is 12.5. The van der Waals surface area contributed by atoms with E-state index < -0.39 is 0 Å². The lowest BCUT2D eigenvalue weighted by molar-refractivity contribution is -0.143. The molecule has 0 fully saturated rings. The summed E-state index contributed by atoms with van der Waals surface area (Å²) in [5, 5.41) is 0. The van der Waals surface area contributed by atoms with Crippen molar-refractivity contribution < 1.29 is 14.3 Å². The van der Waals surface area contributed by atoms with Crippen LogP contribution in [0.4, 0.5) is 0 Å². The molecule has 0 aliphatic rings. The average molecular weight is 223 g/mol. The van der Waals surface area contributed by atoms with Gasteiger partial charge in [-0.3, -0.25) is 4.79 Å². The van der Waals surface area contributed by atoms with Crippen LogP contribution in [0.15, 0.2) is 18.3 Å². The average Bonchev–Trinajstić information content (AvgIpc) is 2.29. The summed E-state index contributed by atoms with van der Waals surface area (Å²) in [6.07, 6.45) is 2.05. The van der Waals surface area contributed by atoms with Gasteiger partial charge in [-0.05, 0) is 24.5 Å². The van der Waals surface area contributed by atoms with E-state index in [4.69, 9.17) is 9.47 Å².